The number of halogens is 1. The number of hydrogen-bond donors (Lipinski definition) is 1. The van der Waals surface area contributed by atoms with E-state index in [1.165, 1.54) is 0 Å². The highest BCUT2D eigenvalue weighted by Crippen LogP contribution is 2.21. The molecule has 0 fully saturated rings. The van der Waals surface area contributed by atoms with Gasteiger partial charge in [0.05, 0.1) is 6.61 Å². The SMILES string of the molecule is CCNc1nc(OCC)nc(-c2ccc(Br)cc2)n1. The van der Waals surface area contributed by atoms with E-state index in [1.807, 2.05) is 38.1 Å². The van der Waals surface area contributed by atoms with Gasteiger partial charge in [-0.3, -0.25) is 0 Å². The van der Waals surface area contributed by atoms with Crippen molar-refractivity contribution in [3.8, 4) is 17.4 Å². The predicted molar refractivity (Wildman–Crippen MR) is 78.3 cm³/mol. The highest BCUT2D eigenvalue weighted by atomic mass is 79.9. The van der Waals surface area contributed by atoms with Crippen molar-refractivity contribution < 1.29 is 4.74 Å². The Morgan fingerprint density at radius 3 is 2.47 bits per heavy atom. The molecule has 6 heteroatoms. The summed E-state index contributed by atoms with van der Waals surface area (Å²) in [7, 11) is 0. The minimum atomic E-state index is 0.339. The van der Waals surface area contributed by atoms with Crippen LogP contribution in [0.5, 0.6) is 6.01 Å². The number of rotatable bonds is 5. The Kier molecular flexibility index (Phi) is 4.68. The normalized spacial score (nSPS) is 10.3. The molecular weight excluding hydrogens is 308 g/mol. The Labute approximate surface area is 120 Å². The van der Waals surface area contributed by atoms with Gasteiger partial charge < -0.3 is 10.1 Å². The fraction of sp³-hybridized carbons (Fsp3) is 0.308. The maximum absolute atomic E-state index is 5.37. The molecule has 0 aliphatic rings. The zero-order valence-corrected chi connectivity index (χ0v) is 12.4. The first-order chi connectivity index (χ1) is 9.22. The van der Waals surface area contributed by atoms with Gasteiger partial charge in [-0.15, -0.1) is 0 Å². The first-order valence-corrected chi connectivity index (χ1v) is 6.91. The van der Waals surface area contributed by atoms with Crippen LogP contribution in [0.25, 0.3) is 11.4 Å². The van der Waals surface area contributed by atoms with E-state index in [2.05, 4.69) is 36.2 Å². The van der Waals surface area contributed by atoms with E-state index < -0.39 is 0 Å². The molecule has 5 nitrogen and oxygen atoms in total. The van der Waals surface area contributed by atoms with Crippen molar-refractivity contribution in [2.75, 3.05) is 18.5 Å². The first kappa shape index (κ1) is 13.7. The molecule has 0 radical (unpaired) electrons. The second-order valence-corrected chi connectivity index (χ2v) is 4.65. The molecule has 0 spiro atoms. The average Bonchev–Trinajstić information content (AvgIpc) is 2.40. The van der Waals surface area contributed by atoms with Crippen LogP contribution >= 0.6 is 15.9 Å². The number of ether oxygens (including phenoxy) is 1. The quantitative estimate of drug-likeness (QED) is 0.916. The highest BCUT2D eigenvalue weighted by Gasteiger charge is 2.08. The van der Waals surface area contributed by atoms with Gasteiger partial charge >= 0.3 is 6.01 Å². The van der Waals surface area contributed by atoms with Gasteiger partial charge in [0, 0.05) is 16.6 Å². The molecule has 0 saturated heterocycles. The molecule has 0 unspecified atom stereocenters. The third-order valence-corrected chi connectivity index (χ3v) is 2.85. The van der Waals surface area contributed by atoms with Crippen LogP contribution in [0.2, 0.25) is 0 Å². The average molecular weight is 323 g/mol. The van der Waals surface area contributed by atoms with Crippen molar-refractivity contribution in [1.82, 2.24) is 15.0 Å². The van der Waals surface area contributed by atoms with E-state index in [-0.39, 0.29) is 0 Å². The summed E-state index contributed by atoms with van der Waals surface area (Å²) in [5.74, 6) is 1.13. The van der Waals surface area contributed by atoms with Crippen molar-refractivity contribution in [3.63, 3.8) is 0 Å². The molecule has 0 amide bonds. The van der Waals surface area contributed by atoms with E-state index in [9.17, 15) is 0 Å². The lowest BCUT2D eigenvalue weighted by Crippen LogP contribution is -2.07. The van der Waals surface area contributed by atoms with Gasteiger partial charge in [0.25, 0.3) is 0 Å². The predicted octanol–water partition coefficient (Wildman–Crippen LogP) is 3.13. The largest absolute Gasteiger partial charge is 0.464 e. The molecule has 1 aromatic heterocycles. The maximum Gasteiger partial charge on any atom is 0.321 e. The van der Waals surface area contributed by atoms with Crippen LogP contribution in [-0.2, 0) is 0 Å². The molecule has 0 aliphatic carbocycles. The summed E-state index contributed by atoms with van der Waals surface area (Å²) < 4.78 is 6.38. The minimum Gasteiger partial charge on any atom is -0.464 e. The monoisotopic (exact) mass is 322 g/mol. The van der Waals surface area contributed by atoms with Crippen LogP contribution < -0.4 is 10.1 Å². The lowest BCUT2D eigenvalue weighted by Gasteiger charge is -2.07. The first-order valence-electron chi connectivity index (χ1n) is 6.11. The summed E-state index contributed by atoms with van der Waals surface area (Å²) in [6.07, 6.45) is 0. The third kappa shape index (κ3) is 3.64. The molecule has 19 heavy (non-hydrogen) atoms. The number of benzene rings is 1. The summed E-state index contributed by atoms with van der Waals surface area (Å²) in [4.78, 5) is 12.9. The van der Waals surface area contributed by atoms with Gasteiger partial charge in [-0.1, -0.05) is 28.1 Å². The second kappa shape index (κ2) is 6.47. The van der Waals surface area contributed by atoms with Crippen LogP contribution in [0, 0.1) is 0 Å². The fourth-order valence-electron chi connectivity index (χ4n) is 1.52. The van der Waals surface area contributed by atoms with Gasteiger partial charge in [-0.25, -0.2) is 0 Å². The van der Waals surface area contributed by atoms with E-state index in [1.54, 1.807) is 0 Å². The summed E-state index contributed by atoms with van der Waals surface area (Å²) in [5.41, 5.74) is 0.922. The summed E-state index contributed by atoms with van der Waals surface area (Å²) in [6, 6.07) is 8.14. The number of anilines is 1. The van der Waals surface area contributed by atoms with Crippen molar-refractivity contribution in [3.05, 3.63) is 28.7 Å². The molecule has 2 aromatic rings. The van der Waals surface area contributed by atoms with Gasteiger partial charge in [0.1, 0.15) is 0 Å². The van der Waals surface area contributed by atoms with Crippen LogP contribution in [0.3, 0.4) is 0 Å². The van der Waals surface area contributed by atoms with Gasteiger partial charge in [-0.05, 0) is 26.0 Å². The minimum absolute atomic E-state index is 0.339. The number of aromatic nitrogens is 3. The van der Waals surface area contributed by atoms with E-state index in [4.69, 9.17) is 4.74 Å². The third-order valence-electron chi connectivity index (χ3n) is 2.33. The molecule has 0 aliphatic heterocycles. The zero-order chi connectivity index (χ0) is 13.7. The van der Waals surface area contributed by atoms with Crippen molar-refractivity contribution >= 4 is 21.9 Å². The second-order valence-electron chi connectivity index (χ2n) is 3.74. The topological polar surface area (TPSA) is 59.9 Å². The number of nitrogens with zero attached hydrogens (tertiary/aromatic N) is 3. The van der Waals surface area contributed by atoms with Crippen LogP contribution in [0.1, 0.15) is 13.8 Å². The molecule has 0 bridgehead atoms. The van der Waals surface area contributed by atoms with Crippen LogP contribution in [0.4, 0.5) is 5.95 Å². The number of nitrogens with one attached hydrogen (secondary N) is 1. The van der Waals surface area contributed by atoms with Crippen molar-refractivity contribution in [1.29, 1.82) is 0 Å². The molecule has 1 N–H and O–H groups in total. The Hall–Kier alpha value is -1.69. The van der Waals surface area contributed by atoms with E-state index >= 15 is 0 Å². The Morgan fingerprint density at radius 2 is 1.84 bits per heavy atom. The van der Waals surface area contributed by atoms with Crippen LogP contribution in [-0.4, -0.2) is 28.1 Å². The molecule has 0 saturated carbocycles. The molecule has 1 aromatic carbocycles. The Morgan fingerprint density at radius 1 is 1.11 bits per heavy atom. The Bertz CT molecular complexity index is 521. The fourth-order valence-corrected chi connectivity index (χ4v) is 1.78. The van der Waals surface area contributed by atoms with Gasteiger partial charge in [0.2, 0.25) is 5.95 Å². The number of hydrogen-bond acceptors (Lipinski definition) is 5. The van der Waals surface area contributed by atoms with Crippen molar-refractivity contribution in [2.24, 2.45) is 0 Å². The van der Waals surface area contributed by atoms with E-state index in [0.717, 1.165) is 16.6 Å². The molecule has 100 valence electrons. The lowest BCUT2D eigenvalue weighted by molar-refractivity contribution is 0.312. The highest BCUT2D eigenvalue weighted by molar-refractivity contribution is 9.10. The van der Waals surface area contributed by atoms with E-state index in [0.29, 0.717) is 24.4 Å². The standard InChI is InChI=1S/C13H15BrN4O/c1-3-15-12-16-11(17-13(18-12)19-4-2)9-5-7-10(14)8-6-9/h5-8H,3-4H2,1-2H3,(H,15,16,17,18). The Balaban J connectivity index is 2.40. The maximum atomic E-state index is 5.37. The van der Waals surface area contributed by atoms with Gasteiger partial charge in [0.15, 0.2) is 5.82 Å². The van der Waals surface area contributed by atoms with Crippen molar-refractivity contribution in [2.45, 2.75) is 13.8 Å². The summed E-state index contributed by atoms with van der Waals surface area (Å²) >= 11 is 3.41. The molecule has 2 rings (SSSR count). The molecular formula is C13H15BrN4O. The summed E-state index contributed by atoms with van der Waals surface area (Å²) in [5, 5.41) is 3.08. The lowest BCUT2D eigenvalue weighted by atomic mass is 10.2. The zero-order valence-electron chi connectivity index (χ0n) is 10.9. The summed E-state index contributed by atoms with van der Waals surface area (Å²) in [6.45, 7) is 5.16. The van der Waals surface area contributed by atoms with Crippen LogP contribution in [0.15, 0.2) is 28.7 Å². The smallest absolute Gasteiger partial charge is 0.321 e. The molecule has 1 heterocycles. The van der Waals surface area contributed by atoms with Gasteiger partial charge in [-0.2, -0.15) is 15.0 Å². The molecule has 0 atom stereocenters.